The van der Waals surface area contributed by atoms with E-state index in [1.54, 1.807) is 30.3 Å². The third-order valence-electron chi connectivity index (χ3n) is 3.02. The largest absolute Gasteiger partial charge is 0.480 e. The van der Waals surface area contributed by atoms with Gasteiger partial charge in [-0.15, -0.1) is 0 Å². The second-order valence-corrected chi connectivity index (χ2v) is 7.39. The minimum Gasteiger partial charge on any atom is -0.480 e. The monoisotopic (exact) mass is 373 g/mol. The van der Waals surface area contributed by atoms with E-state index in [1.165, 1.54) is 18.2 Å². The van der Waals surface area contributed by atoms with Crippen LogP contribution in [-0.4, -0.2) is 25.5 Å². The van der Waals surface area contributed by atoms with Crippen LogP contribution >= 0.6 is 23.2 Å². The molecule has 0 saturated heterocycles. The van der Waals surface area contributed by atoms with Crippen LogP contribution in [0, 0.1) is 0 Å². The number of hydrogen-bond donors (Lipinski definition) is 2. The van der Waals surface area contributed by atoms with Gasteiger partial charge in [0, 0.05) is 10.0 Å². The van der Waals surface area contributed by atoms with Crippen LogP contribution in [0.4, 0.5) is 0 Å². The van der Waals surface area contributed by atoms with E-state index in [9.17, 15) is 18.3 Å². The minimum absolute atomic E-state index is 0.0176. The Bertz CT molecular complexity index is 789. The highest BCUT2D eigenvalue weighted by Crippen LogP contribution is 2.22. The number of hydrogen-bond acceptors (Lipinski definition) is 3. The Kier molecular flexibility index (Phi) is 5.64. The van der Waals surface area contributed by atoms with Crippen molar-refractivity contribution in [2.75, 3.05) is 0 Å². The molecule has 0 saturated carbocycles. The van der Waals surface area contributed by atoms with Crippen LogP contribution in [0.3, 0.4) is 0 Å². The Morgan fingerprint density at radius 1 is 1.09 bits per heavy atom. The molecule has 2 aromatic carbocycles. The average molecular weight is 374 g/mol. The Hall–Kier alpha value is -1.60. The lowest BCUT2D eigenvalue weighted by Gasteiger charge is -2.15. The lowest BCUT2D eigenvalue weighted by molar-refractivity contribution is -0.138. The Morgan fingerprint density at radius 2 is 1.65 bits per heavy atom. The molecular weight excluding hydrogens is 361 g/mol. The summed E-state index contributed by atoms with van der Waals surface area (Å²) in [5.74, 6) is -1.27. The highest BCUT2D eigenvalue weighted by Gasteiger charge is 2.26. The van der Waals surface area contributed by atoms with Crippen molar-refractivity contribution in [2.24, 2.45) is 0 Å². The number of carboxylic acids is 1. The smallest absolute Gasteiger partial charge is 0.322 e. The van der Waals surface area contributed by atoms with Crippen molar-refractivity contribution in [1.82, 2.24) is 4.72 Å². The highest BCUT2D eigenvalue weighted by atomic mass is 35.5. The molecule has 0 aliphatic rings. The maximum Gasteiger partial charge on any atom is 0.322 e. The molecule has 0 amide bonds. The number of halogens is 2. The zero-order valence-electron chi connectivity index (χ0n) is 11.7. The first-order valence-electron chi connectivity index (χ1n) is 6.53. The summed E-state index contributed by atoms with van der Waals surface area (Å²) in [6, 6.07) is 11.2. The fourth-order valence-corrected chi connectivity index (χ4v) is 3.88. The van der Waals surface area contributed by atoms with E-state index in [2.05, 4.69) is 4.72 Å². The molecule has 0 fully saturated rings. The first kappa shape index (κ1) is 17.7. The molecule has 23 heavy (non-hydrogen) atoms. The molecule has 2 rings (SSSR count). The normalized spacial score (nSPS) is 12.8. The van der Waals surface area contributed by atoms with Gasteiger partial charge in [0.1, 0.15) is 6.04 Å². The van der Waals surface area contributed by atoms with Crippen molar-refractivity contribution in [1.29, 1.82) is 0 Å². The molecule has 0 aliphatic heterocycles. The van der Waals surface area contributed by atoms with Crippen molar-refractivity contribution in [3.63, 3.8) is 0 Å². The number of benzene rings is 2. The summed E-state index contributed by atoms with van der Waals surface area (Å²) in [6.07, 6.45) is 0.0176. The van der Waals surface area contributed by atoms with E-state index in [4.69, 9.17) is 23.2 Å². The van der Waals surface area contributed by atoms with E-state index in [0.29, 0.717) is 5.56 Å². The quantitative estimate of drug-likeness (QED) is 0.814. The van der Waals surface area contributed by atoms with Crippen molar-refractivity contribution in [3.8, 4) is 0 Å². The van der Waals surface area contributed by atoms with Crippen molar-refractivity contribution in [2.45, 2.75) is 17.4 Å². The lowest BCUT2D eigenvalue weighted by Crippen LogP contribution is -2.42. The lowest BCUT2D eigenvalue weighted by atomic mass is 10.1. The van der Waals surface area contributed by atoms with Gasteiger partial charge in [-0.2, -0.15) is 4.72 Å². The van der Waals surface area contributed by atoms with Crippen molar-refractivity contribution < 1.29 is 18.3 Å². The first-order valence-corrected chi connectivity index (χ1v) is 8.77. The Balaban J connectivity index is 2.26. The van der Waals surface area contributed by atoms with Gasteiger partial charge >= 0.3 is 5.97 Å². The molecule has 0 heterocycles. The van der Waals surface area contributed by atoms with Gasteiger partial charge in [0.15, 0.2) is 0 Å². The maximum absolute atomic E-state index is 12.3. The standard InChI is InChI=1S/C15H13Cl2NO4S/c16-11-7-12(17)9-13(8-11)23(21,22)18-14(15(19)20)6-10-4-2-1-3-5-10/h1-5,7-9,14,18H,6H2,(H,19,20)/t14-/m0/s1. The average Bonchev–Trinajstić information content (AvgIpc) is 2.46. The zero-order chi connectivity index (χ0) is 17.0. The van der Waals surface area contributed by atoms with Gasteiger partial charge in [-0.3, -0.25) is 4.79 Å². The van der Waals surface area contributed by atoms with E-state index >= 15 is 0 Å². The molecule has 5 nitrogen and oxygen atoms in total. The van der Waals surface area contributed by atoms with Crippen LogP contribution in [0.5, 0.6) is 0 Å². The number of sulfonamides is 1. The van der Waals surface area contributed by atoms with E-state index < -0.39 is 22.0 Å². The third-order valence-corrected chi connectivity index (χ3v) is 4.91. The number of carbonyl (C=O) groups is 1. The minimum atomic E-state index is -4.07. The number of nitrogens with one attached hydrogen (secondary N) is 1. The fraction of sp³-hybridized carbons (Fsp3) is 0.133. The van der Waals surface area contributed by atoms with Gasteiger partial charge < -0.3 is 5.11 Å². The molecule has 0 aromatic heterocycles. The summed E-state index contributed by atoms with van der Waals surface area (Å²) < 4.78 is 26.9. The number of aliphatic carboxylic acids is 1. The molecule has 122 valence electrons. The fourth-order valence-electron chi connectivity index (χ4n) is 1.97. The van der Waals surface area contributed by atoms with Crippen LogP contribution < -0.4 is 4.72 Å². The molecule has 0 aliphatic carbocycles. The van der Waals surface area contributed by atoms with E-state index in [0.717, 1.165) is 0 Å². The van der Waals surface area contributed by atoms with Crippen molar-refractivity contribution >= 4 is 39.2 Å². The SMILES string of the molecule is O=C(O)[C@H](Cc1ccccc1)NS(=O)(=O)c1cc(Cl)cc(Cl)c1. The van der Waals surface area contributed by atoms with E-state index in [-0.39, 0.29) is 21.4 Å². The summed E-state index contributed by atoms with van der Waals surface area (Å²) in [5.41, 5.74) is 0.701. The molecular formula is C15H13Cl2NO4S. The summed E-state index contributed by atoms with van der Waals surface area (Å²) >= 11 is 11.6. The van der Waals surface area contributed by atoms with Gasteiger partial charge in [-0.1, -0.05) is 53.5 Å². The summed E-state index contributed by atoms with van der Waals surface area (Å²) in [5, 5.41) is 9.57. The van der Waals surface area contributed by atoms with Gasteiger partial charge in [0.25, 0.3) is 0 Å². The van der Waals surface area contributed by atoms with Crippen LogP contribution in [-0.2, 0) is 21.2 Å². The molecule has 0 radical (unpaired) electrons. The number of carboxylic acid groups (broad SMARTS) is 1. The Morgan fingerprint density at radius 3 is 2.17 bits per heavy atom. The van der Waals surface area contributed by atoms with Gasteiger partial charge in [-0.25, -0.2) is 8.42 Å². The van der Waals surface area contributed by atoms with E-state index in [1.807, 2.05) is 0 Å². The molecule has 8 heteroatoms. The van der Waals surface area contributed by atoms with Gasteiger partial charge in [-0.05, 0) is 30.2 Å². The van der Waals surface area contributed by atoms with Gasteiger partial charge in [0.2, 0.25) is 10.0 Å². The third kappa shape index (κ3) is 4.94. The molecule has 2 aromatic rings. The Labute approximate surface area is 143 Å². The topological polar surface area (TPSA) is 83.5 Å². The molecule has 2 N–H and O–H groups in total. The summed E-state index contributed by atoms with van der Waals surface area (Å²) in [4.78, 5) is 11.2. The van der Waals surface area contributed by atoms with Gasteiger partial charge in [0.05, 0.1) is 4.90 Å². The predicted molar refractivity (Wildman–Crippen MR) is 88.4 cm³/mol. The van der Waals surface area contributed by atoms with Crippen LogP contribution in [0.1, 0.15) is 5.56 Å². The highest BCUT2D eigenvalue weighted by molar-refractivity contribution is 7.89. The second-order valence-electron chi connectivity index (χ2n) is 4.81. The van der Waals surface area contributed by atoms with Crippen molar-refractivity contribution in [3.05, 3.63) is 64.1 Å². The molecule has 0 unspecified atom stereocenters. The zero-order valence-corrected chi connectivity index (χ0v) is 14.1. The van der Waals surface area contributed by atoms with Crippen LogP contribution in [0.25, 0.3) is 0 Å². The molecule has 0 bridgehead atoms. The number of rotatable bonds is 6. The second kappa shape index (κ2) is 7.31. The van der Waals surface area contributed by atoms with Crippen LogP contribution in [0.15, 0.2) is 53.4 Å². The maximum atomic E-state index is 12.3. The summed E-state index contributed by atoms with van der Waals surface area (Å²) in [7, 11) is -4.07. The molecule has 0 spiro atoms. The predicted octanol–water partition coefficient (Wildman–Crippen LogP) is 2.97. The first-order chi connectivity index (χ1) is 10.8. The van der Waals surface area contributed by atoms with Crippen LogP contribution in [0.2, 0.25) is 10.0 Å². The molecule has 1 atom stereocenters. The summed E-state index contributed by atoms with van der Waals surface area (Å²) in [6.45, 7) is 0.